The molecule has 0 spiro atoms. The van der Waals surface area contributed by atoms with E-state index >= 15 is 0 Å². The lowest BCUT2D eigenvalue weighted by molar-refractivity contribution is -0.140. The van der Waals surface area contributed by atoms with E-state index in [-0.39, 0.29) is 24.8 Å². The molecule has 2 amide bonds. The number of carbonyl (C=O) groups is 2. The van der Waals surface area contributed by atoms with Crippen molar-refractivity contribution in [2.24, 2.45) is 0 Å². The van der Waals surface area contributed by atoms with Crippen LogP contribution in [0.3, 0.4) is 0 Å². The van der Waals surface area contributed by atoms with Crippen LogP contribution in [0.5, 0.6) is 0 Å². The second kappa shape index (κ2) is 6.93. The highest BCUT2D eigenvalue weighted by Gasteiger charge is 2.35. The molecule has 2 heterocycles. The third kappa shape index (κ3) is 4.14. The first kappa shape index (κ1) is 17.0. The molecule has 1 aliphatic heterocycles. The minimum absolute atomic E-state index is 0.0292. The molecule has 0 aromatic carbocycles. The summed E-state index contributed by atoms with van der Waals surface area (Å²) in [5.41, 5.74) is 0.104. The highest BCUT2D eigenvalue weighted by atomic mass is 16.3. The van der Waals surface area contributed by atoms with Crippen molar-refractivity contribution in [1.82, 2.24) is 20.0 Å². The van der Waals surface area contributed by atoms with Crippen molar-refractivity contribution in [1.29, 1.82) is 0 Å². The van der Waals surface area contributed by atoms with Gasteiger partial charge < -0.3 is 15.3 Å². The number of carbonyl (C=O) groups excluding carboxylic acids is 2. The van der Waals surface area contributed by atoms with Gasteiger partial charge in [0, 0.05) is 38.7 Å². The van der Waals surface area contributed by atoms with Gasteiger partial charge in [-0.05, 0) is 38.2 Å². The lowest BCUT2D eigenvalue weighted by Gasteiger charge is -2.39. The third-order valence-corrected chi connectivity index (χ3v) is 4.96. The first-order chi connectivity index (χ1) is 11.5. The number of amides is 2. The number of β-amino-alcohol motifs (C(OH)–C–C–N with tert-alkyl or cyclic N) is 1. The lowest BCUT2D eigenvalue weighted by atomic mass is 9.88. The Morgan fingerprint density at radius 1 is 1.46 bits per heavy atom. The summed E-state index contributed by atoms with van der Waals surface area (Å²) in [4.78, 5) is 25.6. The molecule has 1 aromatic rings. The van der Waals surface area contributed by atoms with Gasteiger partial charge in [-0.1, -0.05) is 0 Å². The van der Waals surface area contributed by atoms with Crippen LogP contribution in [0.2, 0.25) is 0 Å². The van der Waals surface area contributed by atoms with E-state index in [1.165, 1.54) is 12.8 Å². The summed E-state index contributed by atoms with van der Waals surface area (Å²) in [6.45, 7) is 1.15. The van der Waals surface area contributed by atoms with E-state index in [1.807, 2.05) is 12.3 Å². The summed E-state index contributed by atoms with van der Waals surface area (Å²) in [6.07, 6.45) is 6.27. The normalized spacial score (nSPS) is 24.0. The molecule has 1 aromatic heterocycles. The molecule has 1 aliphatic carbocycles. The van der Waals surface area contributed by atoms with Crippen LogP contribution in [0.25, 0.3) is 0 Å². The average molecular weight is 334 g/mol. The first-order valence-electron chi connectivity index (χ1n) is 8.73. The highest BCUT2D eigenvalue weighted by molar-refractivity contribution is 5.76. The number of hydrogen-bond donors (Lipinski definition) is 2. The summed E-state index contributed by atoms with van der Waals surface area (Å²) in [6, 6.07) is 1.99. The van der Waals surface area contributed by atoms with Crippen LogP contribution < -0.4 is 5.32 Å². The zero-order valence-electron chi connectivity index (χ0n) is 14.2. The Balaban J connectivity index is 1.54. The molecular formula is C17H26N4O3. The summed E-state index contributed by atoms with van der Waals surface area (Å²) in [5, 5.41) is 17.7. The fourth-order valence-electron chi connectivity index (χ4n) is 3.30. The van der Waals surface area contributed by atoms with Gasteiger partial charge in [0.2, 0.25) is 11.8 Å². The van der Waals surface area contributed by atoms with Crippen LogP contribution in [0, 0.1) is 0 Å². The topological polar surface area (TPSA) is 87.5 Å². The van der Waals surface area contributed by atoms with Crippen molar-refractivity contribution in [2.75, 3.05) is 20.1 Å². The molecule has 132 valence electrons. The van der Waals surface area contributed by atoms with Crippen LogP contribution >= 0.6 is 0 Å². The van der Waals surface area contributed by atoms with Gasteiger partial charge in [0.05, 0.1) is 11.3 Å². The van der Waals surface area contributed by atoms with Gasteiger partial charge in [-0.3, -0.25) is 14.3 Å². The summed E-state index contributed by atoms with van der Waals surface area (Å²) in [5.74, 6) is 0.459. The molecule has 1 saturated heterocycles. The van der Waals surface area contributed by atoms with Gasteiger partial charge in [0.1, 0.15) is 6.54 Å². The molecule has 1 atom stereocenters. The minimum Gasteiger partial charge on any atom is -0.388 e. The first-order valence-corrected chi connectivity index (χ1v) is 8.73. The third-order valence-electron chi connectivity index (χ3n) is 4.96. The fourth-order valence-corrected chi connectivity index (χ4v) is 3.30. The van der Waals surface area contributed by atoms with Crippen LogP contribution in [0.4, 0.5) is 0 Å². The SMILES string of the molecule is CNC(=O)CC[C@@]1(O)CCCN(C(=O)Cn2ccc(C3CC3)n2)C1. The van der Waals surface area contributed by atoms with Gasteiger partial charge >= 0.3 is 0 Å². The number of nitrogens with zero attached hydrogens (tertiary/aromatic N) is 3. The van der Waals surface area contributed by atoms with Gasteiger partial charge in [-0.2, -0.15) is 5.10 Å². The summed E-state index contributed by atoms with van der Waals surface area (Å²) >= 11 is 0. The molecule has 3 rings (SSSR count). The van der Waals surface area contributed by atoms with Crippen molar-refractivity contribution >= 4 is 11.8 Å². The van der Waals surface area contributed by atoms with E-state index in [0.29, 0.717) is 31.8 Å². The number of piperidine rings is 1. The van der Waals surface area contributed by atoms with Crippen molar-refractivity contribution in [2.45, 2.75) is 56.6 Å². The maximum atomic E-state index is 12.5. The Bertz CT molecular complexity index is 611. The van der Waals surface area contributed by atoms with Crippen molar-refractivity contribution in [3.05, 3.63) is 18.0 Å². The van der Waals surface area contributed by atoms with Crippen molar-refractivity contribution in [3.8, 4) is 0 Å². The number of likely N-dealkylation sites (tertiary alicyclic amines) is 1. The second-order valence-electron chi connectivity index (χ2n) is 7.03. The largest absolute Gasteiger partial charge is 0.388 e. The zero-order valence-corrected chi connectivity index (χ0v) is 14.2. The Morgan fingerprint density at radius 2 is 2.25 bits per heavy atom. The predicted molar refractivity (Wildman–Crippen MR) is 88.3 cm³/mol. The summed E-state index contributed by atoms with van der Waals surface area (Å²) in [7, 11) is 1.59. The Labute approximate surface area is 142 Å². The maximum absolute atomic E-state index is 12.5. The van der Waals surface area contributed by atoms with Crippen molar-refractivity contribution < 1.29 is 14.7 Å². The fraction of sp³-hybridized carbons (Fsp3) is 0.706. The molecule has 2 aliphatic rings. The second-order valence-corrected chi connectivity index (χ2v) is 7.03. The molecule has 7 nitrogen and oxygen atoms in total. The average Bonchev–Trinajstić information content (AvgIpc) is 3.32. The molecule has 2 fully saturated rings. The number of hydrogen-bond acceptors (Lipinski definition) is 4. The molecular weight excluding hydrogens is 308 g/mol. The van der Waals surface area contributed by atoms with E-state index in [2.05, 4.69) is 10.4 Å². The number of nitrogens with one attached hydrogen (secondary N) is 1. The van der Waals surface area contributed by atoms with E-state index in [9.17, 15) is 14.7 Å². The monoisotopic (exact) mass is 334 g/mol. The van der Waals surface area contributed by atoms with Crippen LogP contribution in [0.1, 0.15) is 50.1 Å². The van der Waals surface area contributed by atoms with Crippen LogP contribution in [-0.4, -0.2) is 57.3 Å². The molecule has 0 bridgehead atoms. The van der Waals surface area contributed by atoms with E-state index < -0.39 is 5.60 Å². The van der Waals surface area contributed by atoms with E-state index in [4.69, 9.17) is 0 Å². The van der Waals surface area contributed by atoms with E-state index in [0.717, 1.165) is 12.1 Å². The molecule has 2 N–H and O–H groups in total. The van der Waals surface area contributed by atoms with Crippen LogP contribution in [-0.2, 0) is 16.1 Å². The van der Waals surface area contributed by atoms with Gasteiger partial charge in [0.25, 0.3) is 0 Å². The Kier molecular flexibility index (Phi) is 4.89. The zero-order chi connectivity index (χ0) is 17.2. The van der Waals surface area contributed by atoms with Gasteiger partial charge in [0.15, 0.2) is 0 Å². The number of rotatable bonds is 6. The van der Waals surface area contributed by atoms with Crippen molar-refractivity contribution in [3.63, 3.8) is 0 Å². The predicted octanol–water partition coefficient (Wildman–Crippen LogP) is 0.640. The molecule has 7 heteroatoms. The molecule has 24 heavy (non-hydrogen) atoms. The van der Waals surface area contributed by atoms with Gasteiger partial charge in [-0.15, -0.1) is 0 Å². The molecule has 0 unspecified atom stereocenters. The quantitative estimate of drug-likeness (QED) is 0.799. The number of aliphatic hydroxyl groups is 1. The Hall–Kier alpha value is -1.89. The Morgan fingerprint density at radius 3 is 2.96 bits per heavy atom. The van der Waals surface area contributed by atoms with E-state index in [1.54, 1.807) is 16.6 Å². The smallest absolute Gasteiger partial charge is 0.244 e. The minimum atomic E-state index is -0.969. The standard InChI is InChI=1S/C17H26N4O3/c1-18-15(22)5-8-17(24)7-2-9-20(12-17)16(23)11-21-10-6-14(19-21)13-3-4-13/h6,10,13,24H,2-5,7-9,11-12H2,1H3,(H,18,22)/t17-/m0/s1. The van der Waals surface area contributed by atoms with Gasteiger partial charge in [-0.25, -0.2) is 0 Å². The number of aromatic nitrogens is 2. The maximum Gasteiger partial charge on any atom is 0.244 e. The van der Waals surface area contributed by atoms with Crippen LogP contribution in [0.15, 0.2) is 12.3 Å². The molecule has 1 saturated carbocycles. The highest BCUT2D eigenvalue weighted by Crippen LogP contribution is 2.38. The molecule has 0 radical (unpaired) electrons. The lowest BCUT2D eigenvalue weighted by Crippen LogP contribution is -2.51. The summed E-state index contributed by atoms with van der Waals surface area (Å²) < 4.78 is 1.69.